The highest BCUT2D eigenvalue weighted by atomic mass is 35.5. The molecule has 0 fully saturated rings. The number of benzene rings is 2. The van der Waals surface area contributed by atoms with E-state index in [1.807, 2.05) is 19.1 Å². The van der Waals surface area contributed by atoms with E-state index in [0.717, 1.165) is 47.5 Å². The lowest BCUT2D eigenvalue weighted by molar-refractivity contribution is -0.120. The lowest BCUT2D eigenvalue weighted by Crippen LogP contribution is -2.30. The summed E-state index contributed by atoms with van der Waals surface area (Å²) in [6.45, 7) is 9.80. The Morgan fingerprint density at radius 3 is 2.59 bits per heavy atom. The predicted molar refractivity (Wildman–Crippen MR) is 110 cm³/mol. The maximum absolute atomic E-state index is 13.4. The smallest absolute Gasteiger partial charge is 0.137 e. The van der Waals surface area contributed by atoms with Crippen molar-refractivity contribution in [3.05, 3.63) is 63.4 Å². The van der Waals surface area contributed by atoms with Crippen LogP contribution in [0.4, 0.5) is 10.1 Å². The SMILES string of the molecule is Cc1cc(N2CCc3cc(F)ccc3C2)cc(Cl)c1CC(=O)CC(C)(C)C. The van der Waals surface area contributed by atoms with Crippen LogP contribution in [-0.2, 0) is 24.2 Å². The largest absolute Gasteiger partial charge is 0.367 e. The zero-order valence-electron chi connectivity index (χ0n) is 16.5. The van der Waals surface area contributed by atoms with Gasteiger partial charge in [0.15, 0.2) is 0 Å². The molecule has 0 N–H and O–H groups in total. The summed E-state index contributed by atoms with van der Waals surface area (Å²) in [5, 5.41) is 0.650. The third-order valence-corrected chi connectivity index (χ3v) is 5.39. The van der Waals surface area contributed by atoms with Gasteiger partial charge >= 0.3 is 0 Å². The third-order valence-electron chi connectivity index (χ3n) is 5.05. The average Bonchev–Trinajstić information content (AvgIpc) is 2.56. The minimum atomic E-state index is -0.176. The van der Waals surface area contributed by atoms with Crippen LogP contribution >= 0.6 is 11.6 Å². The maximum atomic E-state index is 13.4. The van der Waals surface area contributed by atoms with Crippen LogP contribution in [0.3, 0.4) is 0 Å². The van der Waals surface area contributed by atoms with Gasteiger partial charge in [0.2, 0.25) is 0 Å². The highest BCUT2D eigenvalue weighted by Gasteiger charge is 2.21. The van der Waals surface area contributed by atoms with Crippen LogP contribution in [-0.4, -0.2) is 12.3 Å². The number of rotatable bonds is 4. The average molecular weight is 388 g/mol. The summed E-state index contributed by atoms with van der Waals surface area (Å²) < 4.78 is 13.4. The fourth-order valence-electron chi connectivity index (χ4n) is 3.76. The maximum Gasteiger partial charge on any atom is 0.137 e. The third kappa shape index (κ3) is 4.90. The molecule has 1 aliphatic rings. The second-order valence-electron chi connectivity index (χ2n) is 8.76. The number of Topliss-reactive ketones (excluding diaryl/α,β-unsaturated/α-hetero) is 1. The summed E-state index contributed by atoms with van der Waals surface area (Å²) in [6.07, 6.45) is 1.74. The number of anilines is 1. The minimum absolute atomic E-state index is 0.0158. The Morgan fingerprint density at radius 2 is 1.93 bits per heavy atom. The quantitative estimate of drug-likeness (QED) is 0.651. The molecule has 3 rings (SSSR count). The van der Waals surface area contributed by atoms with Gasteiger partial charge in [-0.25, -0.2) is 4.39 Å². The first-order chi connectivity index (χ1) is 12.6. The van der Waals surface area contributed by atoms with Crippen LogP contribution in [0.2, 0.25) is 5.02 Å². The molecule has 0 aromatic heterocycles. The van der Waals surface area contributed by atoms with Crippen LogP contribution in [0.5, 0.6) is 0 Å². The van der Waals surface area contributed by atoms with Gasteiger partial charge in [-0.3, -0.25) is 4.79 Å². The van der Waals surface area contributed by atoms with E-state index in [1.54, 1.807) is 6.07 Å². The van der Waals surface area contributed by atoms with Crippen LogP contribution in [0, 0.1) is 18.2 Å². The van der Waals surface area contributed by atoms with Crippen molar-refractivity contribution in [3.8, 4) is 0 Å². The topological polar surface area (TPSA) is 20.3 Å². The van der Waals surface area contributed by atoms with E-state index in [1.165, 1.54) is 6.07 Å². The summed E-state index contributed by atoms with van der Waals surface area (Å²) in [5.41, 5.74) is 5.25. The Bertz CT molecular complexity index is 846. The molecule has 0 spiro atoms. The normalized spacial score (nSPS) is 14.2. The number of ketones is 1. The lowest BCUT2D eigenvalue weighted by Gasteiger charge is -2.31. The number of fused-ring (bicyclic) bond motifs is 1. The Balaban J connectivity index is 1.79. The van der Waals surface area contributed by atoms with Gasteiger partial charge in [0, 0.05) is 36.6 Å². The summed E-state index contributed by atoms with van der Waals surface area (Å²) in [7, 11) is 0. The number of carbonyl (C=O) groups is 1. The van der Waals surface area contributed by atoms with Crippen molar-refractivity contribution < 1.29 is 9.18 Å². The summed E-state index contributed by atoms with van der Waals surface area (Å²) in [5.74, 6) is 0.0412. The molecule has 2 aromatic carbocycles. The van der Waals surface area contributed by atoms with Gasteiger partial charge in [-0.1, -0.05) is 38.4 Å². The Morgan fingerprint density at radius 1 is 1.19 bits per heavy atom. The zero-order chi connectivity index (χ0) is 19.8. The van der Waals surface area contributed by atoms with Gasteiger partial charge in [-0.05, 0) is 65.3 Å². The molecule has 2 nitrogen and oxygen atoms in total. The van der Waals surface area contributed by atoms with Crippen molar-refractivity contribution in [1.29, 1.82) is 0 Å². The number of halogens is 2. The number of hydrogen-bond donors (Lipinski definition) is 0. The van der Waals surface area contributed by atoms with Crippen molar-refractivity contribution in [2.75, 3.05) is 11.4 Å². The molecule has 0 radical (unpaired) electrons. The number of carbonyl (C=O) groups excluding carboxylic acids is 1. The molecule has 0 aliphatic carbocycles. The van der Waals surface area contributed by atoms with Gasteiger partial charge in [0.05, 0.1) is 0 Å². The van der Waals surface area contributed by atoms with E-state index in [0.29, 0.717) is 17.9 Å². The van der Waals surface area contributed by atoms with Gasteiger partial charge in [0.1, 0.15) is 11.6 Å². The molecule has 0 saturated heterocycles. The van der Waals surface area contributed by atoms with Gasteiger partial charge in [-0.15, -0.1) is 0 Å². The van der Waals surface area contributed by atoms with E-state index in [2.05, 4.69) is 31.7 Å². The second kappa shape index (κ2) is 7.63. The highest BCUT2D eigenvalue weighted by Crippen LogP contribution is 2.32. The highest BCUT2D eigenvalue weighted by molar-refractivity contribution is 6.32. The standard InChI is InChI=1S/C23H27ClFNO/c1-15-9-19(11-22(24)21(15)12-20(27)13-23(2,3)4)26-8-7-16-10-18(25)6-5-17(16)14-26/h5-6,9-11H,7-8,12-14H2,1-4H3. The molecule has 0 saturated carbocycles. The molecule has 1 heterocycles. The molecule has 4 heteroatoms. The lowest BCUT2D eigenvalue weighted by atomic mass is 9.87. The first-order valence-corrected chi connectivity index (χ1v) is 9.83. The van der Waals surface area contributed by atoms with Crippen molar-refractivity contribution in [3.63, 3.8) is 0 Å². The summed E-state index contributed by atoms with van der Waals surface area (Å²) >= 11 is 6.56. The van der Waals surface area contributed by atoms with Crippen molar-refractivity contribution >= 4 is 23.1 Å². The molecule has 0 atom stereocenters. The van der Waals surface area contributed by atoms with Crippen LogP contribution < -0.4 is 4.90 Å². The molecule has 0 amide bonds. The molecule has 0 unspecified atom stereocenters. The monoisotopic (exact) mass is 387 g/mol. The first-order valence-electron chi connectivity index (χ1n) is 9.45. The molecule has 2 aromatic rings. The van der Waals surface area contributed by atoms with Crippen LogP contribution in [0.15, 0.2) is 30.3 Å². The predicted octanol–water partition coefficient (Wildman–Crippen LogP) is 5.90. The molecule has 27 heavy (non-hydrogen) atoms. The van der Waals surface area contributed by atoms with Gasteiger partial charge in [0.25, 0.3) is 0 Å². The first kappa shape index (κ1) is 19.9. The fourth-order valence-corrected chi connectivity index (χ4v) is 4.08. The number of hydrogen-bond acceptors (Lipinski definition) is 2. The molecular weight excluding hydrogens is 361 g/mol. The molecule has 0 bridgehead atoms. The van der Waals surface area contributed by atoms with E-state index >= 15 is 0 Å². The Labute approximate surface area is 166 Å². The second-order valence-corrected chi connectivity index (χ2v) is 9.17. The zero-order valence-corrected chi connectivity index (χ0v) is 17.3. The fraction of sp³-hybridized carbons (Fsp3) is 0.435. The Hall–Kier alpha value is -1.87. The summed E-state index contributed by atoms with van der Waals surface area (Å²) in [4.78, 5) is 14.6. The minimum Gasteiger partial charge on any atom is -0.367 e. The van der Waals surface area contributed by atoms with Crippen molar-refractivity contribution in [1.82, 2.24) is 0 Å². The van der Waals surface area contributed by atoms with Crippen molar-refractivity contribution in [2.45, 2.75) is 53.5 Å². The number of nitrogens with zero attached hydrogens (tertiary/aromatic N) is 1. The number of aryl methyl sites for hydroxylation is 1. The molecular formula is C23H27ClFNO. The Kier molecular flexibility index (Phi) is 5.62. The van der Waals surface area contributed by atoms with Crippen LogP contribution in [0.25, 0.3) is 0 Å². The van der Waals surface area contributed by atoms with Gasteiger partial charge < -0.3 is 4.90 Å². The van der Waals surface area contributed by atoms with E-state index < -0.39 is 0 Å². The van der Waals surface area contributed by atoms with Crippen LogP contribution in [0.1, 0.15) is 49.4 Å². The van der Waals surface area contributed by atoms with E-state index in [9.17, 15) is 9.18 Å². The molecule has 144 valence electrons. The molecule has 1 aliphatic heterocycles. The van der Waals surface area contributed by atoms with E-state index in [4.69, 9.17) is 11.6 Å². The van der Waals surface area contributed by atoms with E-state index in [-0.39, 0.29) is 17.0 Å². The van der Waals surface area contributed by atoms with Gasteiger partial charge in [-0.2, -0.15) is 0 Å². The summed E-state index contributed by atoms with van der Waals surface area (Å²) in [6, 6.07) is 9.09. The van der Waals surface area contributed by atoms with Crippen molar-refractivity contribution in [2.24, 2.45) is 5.41 Å².